The van der Waals surface area contributed by atoms with Gasteiger partial charge in [-0.05, 0) is 12.2 Å². The van der Waals surface area contributed by atoms with E-state index in [9.17, 15) is 5.11 Å². The van der Waals surface area contributed by atoms with Gasteiger partial charge in [0.25, 0.3) is 0 Å². The van der Waals surface area contributed by atoms with Crippen molar-refractivity contribution in [3.8, 4) is 0 Å². The minimum absolute atomic E-state index is 0.0857. The third-order valence-corrected chi connectivity index (χ3v) is 3.90. The number of hydrogen-bond acceptors (Lipinski definition) is 1. The van der Waals surface area contributed by atoms with Crippen LogP contribution in [0.5, 0.6) is 0 Å². The standard InChI is InChI=1S/C14H29OS/c1-2-3-4-5-6-7-8-9-10-11-13-16-14-12-15/h2-14H2,1H3. The van der Waals surface area contributed by atoms with Crippen LogP contribution < -0.4 is 0 Å². The Morgan fingerprint density at radius 1 is 0.688 bits per heavy atom. The van der Waals surface area contributed by atoms with Crippen molar-refractivity contribution in [3.63, 3.8) is 0 Å². The predicted molar refractivity (Wildman–Crippen MR) is 74.7 cm³/mol. The highest BCUT2D eigenvalue weighted by molar-refractivity contribution is 7.99. The summed E-state index contributed by atoms with van der Waals surface area (Å²) in [6.07, 6.45) is 14.0. The lowest BCUT2D eigenvalue weighted by molar-refractivity contribution is 0.215. The van der Waals surface area contributed by atoms with E-state index in [1.165, 1.54) is 70.0 Å². The van der Waals surface area contributed by atoms with Gasteiger partial charge in [-0.25, -0.2) is 5.11 Å². The molecule has 0 aromatic carbocycles. The van der Waals surface area contributed by atoms with Crippen LogP contribution in [0.2, 0.25) is 0 Å². The molecule has 2 heteroatoms. The third kappa shape index (κ3) is 14.3. The monoisotopic (exact) mass is 245 g/mol. The molecule has 0 spiro atoms. The Kier molecular flexibility index (Phi) is 15.6. The summed E-state index contributed by atoms with van der Waals surface area (Å²) < 4.78 is 0. The van der Waals surface area contributed by atoms with E-state index >= 15 is 0 Å². The lowest BCUT2D eigenvalue weighted by Crippen LogP contribution is -1.88. The van der Waals surface area contributed by atoms with Crippen LogP contribution >= 0.6 is 11.8 Å². The van der Waals surface area contributed by atoms with Crippen molar-refractivity contribution >= 4 is 11.8 Å². The van der Waals surface area contributed by atoms with Gasteiger partial charge in [0, 0.05) is 5.75 Å². The van der Waals surface area contributed by atoms with E-state index in [0.29, 0.717) is 0 Å². The Balaban J connectivity index is 2.83. The van der Waals surface area contributed by atoms with Gasteiger partial charge in [0.15, 0.2) is 0 Å². The van der Waals surface area contributed by atoms with Gasteiger partial charge in [-0.1, -0.05) is 64.7 Å². The maximum absolute atomic E-state index is 10.2. The zero-order chi connectivity index (χ0) is 11.9. The van der Waals surface area contributed by atoms with Crippen molar-refractivity contribution in [1.82, 2.24) is 0 Å². The van der Waals surface area contributed by atoms with Crippen LogP contribution in [0.4, 0.5) is 0 Å². The summed E-state index contributed by atoms with van der Waals surface area (Å²) in [6.45, 7) is 2.35. The number of thioether (sulfide) groups is 1. The molecule has 0 unspecified atom stereocenters. The molecule has 97 valence electrons. The highest BCUT2D eigenvalue weighted by atomic mass is 32.2. The molecule has 1 radical (unpaired) electrons. The quantitative estimate of drug-likeness (QED) is 0.415. The molecule has 0 atom stereocenters. The van der Waals surface area contributed by atoms with Gasteiger partial charge in [0.05, 0.1) is 6.61 Å². The van der Waals surface area contributed by atoms with Crippen molar-refractivity contribution in [2.75, 3.05) is 18.1 Å². The summed E-state index contributed by atoms with van der Waals surface area (Å²) in [6, 6.07) is 0. The van der Waals surface area contributed by atoms with Crippen LogP contribution in [-0.4, -0.2) is 18.1 Å². The van der Waals surface area contributed by atoms with E-state index < -0.39 is 0 Å². The van der Waals surface area contributed by atoms with E-state index in [4.69, 9.17) is 0 Å². The molecule has 0 heterocycles. The Labute approximate surface area is 106 Å². The van der Waals surface area contributed by atoms with E-state index in [0.717, 1.165) is 5.75 Å². The molecule has 0 aliphatic carbocycles. The van der Waals surface area contributed by atoms with Crippen molar-refractivity contribution in [2.24, 2.45) is 0 Å². The normalized spacial score (nSPS) is 10.9. The molecule has 0 aromatic rings. The summed E-state index contributed by atoms with van der Waals surface area (Å²) in [7, 11) is 0. The highest BCUT2D eigenvalue weighted by Crippen LogP contribution is 2.12. The van der Waals surface area contributed by atoms with E-state index in [1.54, 1.807) is 0 Å². The van der Waals surface area contributed by atoms with Gasteiger partial charge in [0.1, 0.15) is 0 Å². The van der Waals surface area contributed by atoms with Gasteiger partial charge in [-0.3, -0.25) is 0 Å². The molecule has 0 rings (SSSR count). The van der Waals surface area contributed by atoms with Crippen molar-refractivity contribution in [1.29, 1.82) is 0 Å². The molecule has 0 bridgehead atoms. The second kappa shape index (κ2) is 15.3. The molecule has 0 amide bonds. The molecular weight excluding hydrogens is 216 g/mol. The summed E-state index contributed by atoms with van der Waals surface area (Å²) in [4.78, 5) is 0. The maximum atomic E-state index is 10.2. The first-order valence-electron chi connectivity index (χ1n) is 7.07. The summed E-state index contributed by atoms with van der Waals surface area (Å²) in [5.74, 6) is 2.00. The molecule has 0 aliphatic rings. The van der Waals surface area contributed by atoms with Gasteiger partial charge >= 0.3 is 0 Å². The number of unbranched alkanes of at least 4 members (excludes halogenated alkanes) is 9. The van der Waals surface area contributed by atoms with Crippen molar-refractivity contribution < 1.29 is 5.11 Å². The van der Waals surface area contributed by atoms with Gasteiger partial charge in [-0.15, -0.1) is 0 Å². The zero-order valence-electron chi connectivity index (χ0n) is 11.0. The first-order chi connectivity index (χ1) is 7.91. The molecule has 0 N–H and O–H groups in total. The van der Waals surface area contributed by atoms with Gasteiger partial charge < -0.3 is 0 Å². The molecule has 1 nitrogen and oxygen atoms in total. The minimum atomic E-state index is 0.0857. The molecule has 16 heavy (non-hydrogen) atoms. The Bertz CT molecular complexity index is 103. The van der Waals surface area contributed by atoms with Crippen LogP contribution in [0.3, 0.4) is 0 Å². The second-order valence-corrected chi connectivity index (χ2v) is 5.72. The van der Waals surface area contributed by atoms with Crippen molar-refractivity contribution in [3.05, 3.63) is 0 Å². The average molecular weight is 245 g/mol. The maximum Gasteiger partial charge on any atom is 0.0912 e. The predicted octanol–water partition coefficient (Wildman–Crippen LogP) is 5.07. The van der Waals surface area contributed by atoms with Crippen LogP contribution in [0.25, 0.3) is 0 Å². The lowest BCUT2D eigenvalue weighted by atomic mass is 10.1. The fraction of sp³-hybridized carbons (Fsp3) is 1.00. The topological polar surface area (TPSA) is 19.9 Å². The van der Waals surface area contributed by atoms with Crippen LogP contribution in [0, 0.1) is 0 Å². The molecule has 0 fully saturated rings. The van der Waals surface area contributed by atoms with Crippen molar-refractivity contribution in [2.45, 2.75) is 71.1 Å². The molecule has 0 aliphatic heterocycles. The second-order valence-electron chi connectivity index (χ2n) is 4.50. The van der Waals surface area contributed by atoms with E-state index in [1.807, 2.05) is 11.8 Å². The van der Waals surface area contributed by atoms with Gasteiger partial charge in [-0.2, -0.15) is 11.8 Å². The van der Waals surface area contributed by atoms with Gasteiger partial charge in [0.2, 0.25) is 0 Å². The Morgan fingerprint density at radius 2 is 1.19 bits per heavy atom. The van der Waals surface area contributed by atoms with Crippen LogP contribution in [0.1, 0.15) is 71.1 Å². The Hall–Kier alpha value is 0.310. The molecule has 0 aromatic heterocycles. The first-order valence-corrected chi connectivity index (χ1v) is 8.23. The molecule has 0 saturated carbocycles. The Morgan fingerprint density at radius 3 is 1.69 bits per heavy atom. The minimum Gasteiger partial charge on any atom is -0.236 e. The fourth-order valence-corrected chi connectivity index (χ4v) is 2.58. The summed E-state index contributed by atoms with van der Waals surface area (Å²) in [5, 5.41) is 10.2. The van der Waals surface area contributed by atoms with Crippen LogP contribution in [0.15, 0.2) is 0 Å². The zero-order valence-corrected chi connectivity index (χ0v) is 11.8. The summed E-state index contributed by atoms with van der Waals surface area (Å²) >= 11 is 1.82. The van der Waals surface area contributed by atoms with E-state index in [-0.39, 0.29) is 6.61 Å². The largest absolute Gasteiger partial charge is 0.236 e. The number of rotatable bonds is 13. The van der Waals surface area contributed by atoms with Crippen LogP contribution in [-0.2, 0) is 5.11 Å². The average Bonchev–Trinajstić information content (AvgIpc) is 2.31. The first kappa shape index (κ1) is 16.3. The smallest absolute Gasteiger partial charge is 0.0912 e. The SMILES string of the molecule is CCCCCCCCCCCCSCC[O]. The van der Waals surface area contributed by atoms with E-state index in [2.05, 4.69) is 6.92 Å². The fourth-order valence-electron chi connectivity index (χ4n) is 1.85. The summed E-state index contributed by atoms with van der Waals surface area (Å²) in [5.41, 5.74) is 0. The third-order valence-electron chi connectivity index (χ3n) is 2.87. The molecule has 0 saturated heterocycles. The number of hydrogen-bond donors (Lipinski definition) is 0. The lowest BCUT2D eigenvalue weighted by Gasteiger charge is -2.02. The molecular formula is C14H29OS. The highest BCUT2D eigenvalue weighted by Gasteiger charge is 1.93.